The Morgan fingerprint density at radius 3 is 3.00 bits per heavy atom. The lowest BCUT2D eigenvalue weighted by Gasteiger charge is -2.16. The number of benzene rings is 1. The number of nitrogens with zero attached hydrogens (tertiary/aromatic N) is 2. The second kappa shape index (κ2) is 8.11. The fourth-order valence-corrected chi connectivity index (χ4v) is 4.48. The Morgan fingerprint density at radius 2 is 2.27 bits per heavy atom. The molecule has 0 aliphatic carbocycles. The molecule has 0 spiro atoms. The number of sulfonamides is 1. The molecule has 26 heavy (non-hydrogen) atoms. The number of carbonyl (C=O) groups is 1. The Labute approximate surface area is 155 Å². The van der Waals surface area contributed by atoms with Crippen LogP contribution in [0.15, 0.2) is 40.7 Å². The van der Waals surface area contributed by atoms with E-state index in [0.29, 0.717) is 6.54 Å². The smallest absolute Gasteiger partial charge is 0.240 e. The van der Waals surface area contributed by atoms with Gasteiger partial charge < -0.3 is 10.2 Å². The number of anilines is 1. The number of amides is 1. The van der Waals surface area contributed by atoms with Crippen molar-refractivity contribution in [1.82, 2.24) is 15.0 Å². The van der Waals surface area contributed by atoms with Crippen molar-refractivity contribution in [3.8, 4) is 0 Å². The van der Waals surface area contributed by atoms with Crippen molar-refractivity contribution in [3.63, 3.8) is 0 Å². The van der Waals surface area contributed by atoms with Gasteiger partial charge in [0.05, 0.1) is 4.90 Å². The van der Waals surface area contributed by atoms with Crippen LogP contribution >= 0.6 is 11.3 Å². The van der Waals surface area contributed by atoms with Crippen LogP contribution < -0.4 is 14.9 Å². The minimum absolute atomic E-state index is 0.0162. The van der Waals surface area contributed by atoms with Crippen LogP contribution in [-0.2, 0) is 14.8 Å². The van der Waals surface area contributed by atoms with Crippen LogP contribution in [0.4, 0.5) is 9.52 Å². The van der Waals surface area contributed by atoms with E-state index in [-0.39, 0.29) is 29.8 Å². The molecule has 7 nitrogen and oxygen atoms in total. The third kappa shape index (κ3) is 4.77. The zero-order valence-electron chi connectivity index (χ0n) is 13.9. The highest BCUT2D eigenvalue weighted by Crippen LogP contribution is 2.22. The molecule has 3 rings (SSSR count). The van der Waals surface area contributed by atoms with Gasteiger partial charge in [0.15, 0.2) is 5.13 Å². The standard InChI is InChI=1S/C16H19FN4O3S2/c17-12-2-1-3-14(10-12)26(23,24)19-6-4-15(22)20-13-5-8-21(11-13)16-18-7-9-25-16/h1-3,7,9-10,13,19H,4-6,8,11H2,(H,20,22)/t13-/m1/s1. The zero-order valence-corrected chi connectivity index (χ0v) is 15.5. The first-order valence-electron chi connectivity index (χ1n) is 8.13. The van der Waals surface area contributed by atoms with Crippen molar-refractivity contribution < 1.29 is 17.6 Å². The van der Waals surface area contributed by atoms with E-state index in [9.17, 15) is 17.6 Å². The highest BCUT2D eigenvalue weighted by Gasteiger charge is 2.25. The molecule has 0 saturated carbocycles. The lowest BCUT2D eigenvalue weighted by atomic mass is 10.2. The summed E-state index contributed by atoms with van der Waals surface area (Å²) in [7, 11) is -3.83. The molecule has 1 saturated heterocycles. The first-order valence-corrected chi connectivity index (χ1v) is 10.5. The van der Waals surface area contributed by atoms with E-state index in [1.54, 1.807) is 17.5 Å². The number of thiazole rings is 1. The van der Waals surface area contributed by atoms with Crippen LogP contribution in [0, 0.1) is 5.82 Å². The van der Waals surface area contributed by atoms with Crippen LogP contribution in [0.5, 0.6) is 0 Å². The SMILES string of the molecule is O=C(CCNS(=O)(=O)c1cccc(F)c1)N[C@@H]1CCN(c2nccs2)C1. The number of hydrogen-bond donors (Lipinski definition) is 2. The van der Waals surface area contributed by atoms with Gasteiger partial charge in [-0.25, -0.2) is 22.5 Å². The van der Waals surface area contributed by atoms with Gasteiger partial charge >= 0.3 is 0 Å². The lowest BCUT2D eigenvalue weighted by Crippen LogP contribution is -2.38. The summed E-state index contributed by atoms with van der Waals surface area (Å²) in [5, 5.41) is 5.75. The summed E-state index contributed by atoms with van der Waals surface area (Å²) in [4.78, 5) is 18.2. The van der Waals surface area contributed by atoms with Crippen LogP contribution in [0.25, 0.3) is 0 Å². The fourth-order valence-electron chi connectivity index (χ4n) is 2.74. The molecule has 140 valence electrons. The van der Waals surface area contributed by atoms with Gasteiger partial charge in [0, 0.05) is 43.7 Å². The lowest BCUT2D eigenvalue weighted by molar-refractivity contribution is -0.121. The van der Waals surface area contributed by atoms with Crippen molar-refractivity contribution in [2.24, 2.45) is 0 Å². The average Bonchev–Trinajstić information content (AvgIpc) is 3.26. The summed E-state index contributed by atoms with van der Waals surface area (Å²) in [5.74, 6) is -0.852. The van der Waals surface area contributed by atoms with Gasteiger partial charge in [0.25, 0.3) is 0 Å². The molecule has 10 heteroatoms. The van der Waals surface area contributed by atoms with Gasteiger partial charge in [-0.15, -0.1) is 11.3 Å². The predicted octanol–water partition coefficient (Wildman–Crippen LogP) is 1.35. The number of carbonyl (C=O) groups excluding carboxylic acids is 1. The molecule has 1 aliphatic heterocycles. The van der Waals surface area contributed by atoms with Crippen molar-refractivity contribution in [2.45, 2.75) is 23.8 Å². The van der Waals surface area contributed by atoms with Gasteiger partial charge in [0.1, 0.15) is 5.82 Å². The molecular weight excluding hydrogens is 379 g/mol. The quantitative estimate of drug-likeness (QED) is 0.735. The van der Waals surface area contributed by atoms with Gasteiger partial charge in [0.2, 0.25) is 15.9 Å². The summed E-state index contributed by atoms with van der Waals surface area (Å²) < 4.78 is 39.6. The van der Waals surface area contributed by atoms with Crippen LogP contribution in [0.3, 0.4) is 0 Å². The van der Waals surface area contributed by atoms with E-state index in [4.69, 9.17) is 0 Å². The Kier molecular flexibility index (Phi) is 5.84. The van der Waals surface area contributed by atoms with Crippen LogP contribution in [-0.4, -0.2) is 45.0 Å². The molecule has 1 aromatic heterocycles. The molecular formula is C16H19FN4O3S2. The first kappa shape index (κ1) is 18.7. The number of aromatic nitrogens is 1. The molecule has 1 atom stereocenters. The van der Waals surface area contributed by atoms with Crippen molar-refractivity contribution in [3.05, 3.63) is 41.7 Å². The summed E-state index contributed by atoms with van der Waals surface area (Å²) >= 11 is 1.56. The Bertz CT molecular complexity index is 858. The van der Waals surface area contributed by atoms with E-state index in [1.807, 2.05) is 5.38 Å². The monoisotopic (exact) mass is 398 g/mol. The second-order valence-electron chi connectivity index (χ2n) is 5.92. The van der Waals surface area contributed by atoms with Crippen molar-refractivity contribution >= 4 is 32.4 Å². The van der Waals surface area contributed by atoms with Crippen molar-refractivity contribution in [2.75, 3.05) is 24.5 Å². The average molecular weight is 398 g/mol. The highest BCUT2D eigenvalue weighted by molar-refractivity contribution is 7.89. The molecule has 1 aromatic carbocycles. The Morgan fingerprint density at radius 1 is 1.42 bits per heavy atom. The largest absolute Gasteiger partial charge is 0.351 e. The Balaban J connectivity index is 1.43. The maximum Gasteiger partial charge on any atom is 0.240 e. The van der Waals surface area contributed by atoms with E-state index < -0.39 is 15.8 Å². The summed E-state index contributed by atoms with van der Waals surface area (Å²) in [5.41, 5.74) is 0. The van der Waals surface area contributed by atoms with E-state index in [2.05, 4.69) is 19.9 Å². The summed E-state index contributed by atoms with van der Waals surface area (Å²) in [6.45, 7) is 1.46. The number of rotatable bonds is 7. The minimum Gasteiger partial charge on any atom is -0.351 e. The van der Waals surface area contributed by atoms with Crippen LogP contribution in [0.1, 0.15) is 12.8 Å². The maximum atomic E-state index is 13.1. The fraction of sp³-hybridized carbons (Fsp3) is 0.375. The van der Waals surface area contributed by atoms with Gasteiger partial charge in [-0.1, -0.05) is 6.07 Å². The molecule has 2 N–H and O–H groups in total. The molecule has 2 heterocycles. The van der Waals surface area contributed by atoms with Gasteiger partial charge in [-0.3, -0.25) is 4.79 Å². The molecule has 1 amide bonds. The number of halogens is 1. The first-order chi connectivity index (χ1) is 12.4. The summed E-state index contributed by atoms with van der Waals surface area (Å²) in [6.07, 6.45) is 2.58. The minimum atomic E-state index is -3.83. The third-order valence-corrected chi connectivity index (χ3v) is 6.28. The van der Waals surface area contributed by atoms with E-state index >= 15 is 0 Å². The Hall–Kier alpha value is -2.04. The van der Waals surface area contributed by atoms with Gasteiger partial charge in [-0.2, -0.15) is 0 Å². The van der Waals surface area contributed by atoms with E-state index in [0.717, 1.165) is 24.2 Å². The zero-order chi connectivity index (χ0) is 18.6. The molecule has 0 bridgehead atoms. The van der Waals surface area contributed by atoms with Crippen molar-refractivity contribution in [1.29, 1.82) is 0 Å². The molecule has 0 radical (unpaired) electrons. The molecule has 0 unspecified atom stereocenters. The van der Waals surface area contributed by atoms with E-state index in [1.165, 1.54) is 18.2 Å². The highest BCUT2D eigenvalue weighted by atomic mass is 32.2. The topological polar surface area (TPSA) is 91.4 Å². The van der Waals surface area contributed by atoms with Gasteiger partial charge in [-0.05, 0) is 24.6 Å². The second-order valence-corrected chi connectivity index (χ2v) is 8.56. The normalized spacial score (nSPS) is 17.4. The third-order valence-electron chi connectivity index (χ3n) is 3.99. The molecule has 1 aliphatic rings. The number of hydrogen-bond acceptors (Lipinski definition) is 6. The predicted molar refractivity (Wildman–Crippen MR) is 97.1 cm³/mol. The summed E-state index contributed by atoms with van der Waals surface area (Å²) in [6, 6.07) is 4.76. The van der Waals surface area contributed by atoms with Crippen LogP contribution in [0.2, 0.25) is 0 Å². The number of nitrogens with one attached hydrogen (secondary N) is 2. The molecule has 1 fully saturated rings. The maximum absolute atomic E-state index is 13.1. The molecule has 2 aromatic rings.